The molecule has 4 aromatic rings. The Hall–Kier alpha value is -3.12. The number of nitrogens with zero attached hydrogens (tertiary/aromatic N) is 4. The summed E-state index contributed by atoms with van der Waals surface area (Å²) in [5, 5.41) is 8.27. The smallest absolute Gasteiger partial charge is 0.254 e. The number of hydrogen-bond donors (Lipinski definition) is 1. The molecule has 2 aromatic heterocycles. The van der Waals surface area contributed by atoms with Crippen molar-refractivity contribution in [1.82, 2.24) is 19.6 Å². The lowest BCUT2D eigenvalue weighted by atomic mass is 10.2. The van der Waals surface area contributed by atoms with E-state index in [9.17, 15) is 0 Å². The van der Waals surface area contributed by atoms with Gasteiger partial charge in [-0.1, -0.05) is 54.1 Å². The number of rotatable bonds is 6. The number of anilines is 1. The van der Waals surface area contributed by atoms with Gasteiger partial charge in [0.25, 0.3) is 5.78 Å². The molecule has 0 radical (unpaired) electrons. The van der Waals surface area contributed by atoms with Crippen molar-refractivity contribution >= 4 is 23.3 Å². The van der Waals surface area contributed by atoms with Gasteiger partial charge in [-0.3, -0.25) is 0 Å². The quantitative estimate of drug-likeness (QED) is 0.519. The van der Waals surface area contributed by atoms with Crippen molar-refractivity contribution in [3.05, 3.63) is 82.1 Å². The van der Waals surface area contributed by atoms with Crippen LogP contribution >= 0.6 is 11.6 Å². The van der Waals surface area contributed by atoms with E-state index >= 15 is 0 Å². The SMILES string of the molecule is Cc1nc2nc(NCc3ccc(OCc4ccccc4)cc3)nn2c(C)c1Cl. The highest BCUT2D eigenvalue weighted by molar-refractivity contribution is 6.31. The molecular weight excluding hydrogens is 374 g/mol. The van der Waals surface area contributed by atoms with Gasteiger partial charge in [-0.05, 0) is 37.1 Å². The number of ether oxygens (including phenoxy) is 1. The standard InChI is InChI=1S/C21H20ClN5O/c1-14-19(22)15(2)27-21(24-14)25-20(26-27)23-12-16-8-10-18(11-9-16)28-13-17-6-4-3-5-7-17/h3-11H,12-13H2,1-2H3,(H,23,26). The lowest BCUT2D eigenvalue weighted by molar-refractivity contribution is 0.306. The van der Waals surface area contributed by atoms with Crippen molar-refractivity contribution in [3.63, 3.8) is 0 Å². The molecular formula is C21H20ClN5O. The summed E-state index contributed by atoms with van der Waals surface area (Å²) < 4.78 is 7.47. The summed E-state index contributed by atoms with van der Waals surface area (Å²) in [6, 6.07) is 18.1. The molecule has 0 unspecified atom stereocenters. The third kappa shape index (κ3) is 3.92. The second kappa shape index (κ2) is 7.86. The predicted octanol–water partition coefficient (Wildman–Crippen LogP) is 4.59. The Morgan fingerprint density at radius 1 is 0.964 bits per heavy atom. The van der Waals surface area contributed by atoms with Crippen molar-refractivity contribution in [2.45, 2.75) is 27.0 Å². The van der Waals surface area contributed by atoms with E-state index in [-0.39, 0.29) is 0 Å². The summed E-state index contributed by atoms with van der Waals surface area (Å²) in [5.74, 6) is 1.89. The molecule has 4 rings (SSSR count). The molecule has 7 heteroatoms. The molecule has 2 aromatic carbocycles. The molecule has 0 aliphatic rings. The molecule has 0 fully saturated rings. The fraction of sp³-hybridized carbons (Fsp3) is 0.190. The lowest BCUT2D eigenvalue weighted by Gasteiger charge is -2.07. The van der Waals surface area contributed by atoms with Crippen molar-refractivity contribution in [2.75, 3.05) is 5.32 Å². The van der Waals surface area contributed by atoms with Crippen LogP contribution in [0.5, 0.6) is 5.75 Å². The second-order valence-electron chi connectivity index (χ2n) is 6.52. The van der Waals surface area contributed by atoms with Crippen molar-refractivity contribution in [3.8, 4) is 5.75 Å². The normalized spacial score (nSPS) is 11.0. The monoisotopic (exact) mass is 393 g/mol. The zero-order chi connectivity index (χ0) is 19.5. The Labute approximate surface area is 168 Å². The average molecular weight is 394 g/mol. The molecule has 2 heterocycles. The number of aryl methyl sites for hydroxylation is 2. The van der Waals surface area contributed by atoms with Gasteiger partial charge in [-0.2, -0.15) is 9.50 Å². The van der Waals surface area contributed by atoms with Gasteiger partial charge in [0.2, 0.25) is 5.95 Å². The molecule has 28 heavy (non-hydrogen) atoms. The van der Waals surface area contributed by atoms with Gasteiger partial charge in [0.05, 0.1) is 16.4 Å². The van der Waals surface area contributed by atoms with Crippen molar-refractivity contribution in [2.24, 2.45) is 0 Å². The summed E-state index contributed by atoms with van der Waals surface area (Å²) in [6.45, 7) is 4.91. The summed E-state index contributed by atoms with van der Waals surface area (Å²) in [5.41, 5.74) is 3.82. The predicted molar refractivity (Wildman–Crippen MR) is 110 cm³/mol. The van der Waals surface area contributed by atoms with Crippen molar-refractivity contribution < 1.29 is 4.74 Å². The minimum Gasteiger partial charge on any atom is -0.489 e. The number of hydrogen-bond acceptors (Lipinski definition) is 5. The Kier molecular flexibility index (Phi) is 5.12. The van der Waals surface area contributed by atoms with Crippen LogP contribution in [0.15, 0.2) is 54.6 Å². The molecule has 6 nitrogen and oxygen atoms in total. The molecule has 0 saturated heterocycles. The van der Waals surface area contributed by atoms with Crippen molar-refractivity contribution in [1.29, 1.82) is 0 Å². The Morgan fingerprint density at radius 3 is 2.46 bits per heavy atom. The van der Waals surface area contributed by atoms with Crippen LogP contribution in [-0.4, -0.2) is 19.6 Å². The summed E-state index contributed by atoms with van der Waals surface area (Å²) in [7, 11) is 0. The number of fused-ring (bicyclic) bond motifs is 1. The van der Waals surface area contributed by atoms with E-state index in [2.05, 4.69) is 20.4 Å². The highest BCUT2D eigenvalue weighted by Crippen LogP contribution is 2.20. The summed E-state index contributed by atoms with van der Waals surface area (Å²) in [4.78, 5) is 8.79. The van der Waals surface area contributed by atoms with Crippen LogP contribution in [0.3, 0.4) is 0 Å². The molecule has 0 aliphatic heterocycles. The Morgan fingerprint density at radius 2 is 1.71 bits per heavy atom. The number of halogens is 1. The van der Waals surface area contributed by atoms with Gasteiger partial charge in [0, 0.05) is 6.54 Å². The molecule has 0 bridgehead atoms. The number of nitrogens with one attached hydrogen (secondary N) is 1. The molecule has 142 valence electrons. The first-order chi connectivity index (χ1) is 13.6. The van der Waals surface area contributed by atoms with Crippen LogP contribution in [0.25, 0.3) is 5.78 Å². The minimum atomic E-state index is 0.515. The van der Waals surface area contributed by atoms with Crippen LogP contribution in [0.4, 0.5) is 5.95 Å². The van der Waals surface area contributed by atoms with Gasteiger partial charge in [0.15, 0.2) is 0 Å². The fourth-order valence-electron chi connectivity index (χ4n) is 2.86. The molecule has 0 spiro atoms. The van der Waals surface area contributed by atoms with E-state index in [0.29, 0.717) is 29.9 Å². The maximum atomic E-state index is 6.24. The Balaban J connectivity index is 1.38. The summed E-state index contributed by atoms with van der Waals surface area (Å²) >= 11 is 6.24. The number of benzene rings is 2. The summed E-state index contributed by atoms with van der Waals surface area (Å²) in [6.07, 6.45) is 0. The first-order valence-electron chi connectivity index (χ1n) is 8.99. The van der Waals surface area contributed by atoms with Crippen LogP contribution in [-0.2, 0) is 13.2 Å². The van der Waals surface area contributed by atoms with Gasteiger partial charge in [-0.25, -0.2) is 4.98 Å². The maximum Gasteiger partial charge on any atom is 0.254 e. The van der Waals surface area contributed by atoms with E-state index in [1.807, 2.05) is 68.4 Å². The van der Waals surface area contributed by atoms with Gasteiger partial charge in [-0.15, -0.1) is 5.10 Å². The molecule has 0 aliphatic carbocycles. The van der Waals surface area contributed by atoms with Crippen LogP contribution in [0.1, 0.15) is 22.5 Å². The molecule has 1 N–H and O–H groups in total. The highest BCUT2D eigenvalue weighted by atomic mass is 35.5. The van der Waals surface area contributed by atoms with Gasteiger partial charge < -0.3 is 10.1 Å². The van der Waals surface area contributed by atoms with Gasteiger partial charge >= 0.3 is 0 Å². The second-order valence-corrected chi connectivity index (χ2v) is 6.89. The van der Waals surface area contributed by atoms with Crippen LogP contribution < -0.4 is 10.1 Å². The minimum absolute atomic E-state index is 0.515. The third-order valence-electron chi connectivity index (χ3n) is 4.43. The lowest BCUT2D eigenvalue weighted by Crippen LogP contribution is -2.02. The average Bonchev–Trinajstić information content (AvgIpc) is 3.13. The molecule has 0 atom stereocenters. The van der Waals surface area contributed by atoms with E-state index in [1.54, 1.807) is 4.52 Å². The zero-order valence-electron chi connectivity index (χ0n) is 15.7. The third-order valence-corrected chi connectivity index (χ3v) is 4.98. The largest absolute Gasteiger partial charge is 0.489 e. The highest BCUT2D eigenvalue weighted by Gasteiger charge is 2.11. The maximum absolute atomic E-state index is 6.24. The van der Waals surface area contributed by atoms with E-state index in [0.717, 1.165) is 28.3 Å². The molecule has 0 amide bonds. The first-order valence-corrected chi connectivity index (χ1v) is 9.37. The van der Waals surface area contributed by atoms with Crippen LogP contribution in [0.2, 0.25) is 5.02 Å². The first kappa shape index (κ1) is 18.3. The van der Waals surface area contributed by atoms with Crippen LogP contribution in [0, 0.1) is 13.8 Å². The van der Waals surface area contributed by atoms with E-state index < -0.39 is 0 Å². The molecule has 0 saturated carbocycles. The fourth-order valence-corrected chi connectivity index (χ4v) is 2.98. The zero-order valence-corrected chi connectivity index (χ0v) is 16.4. The van der Waals surface area contributed by atoms with E-state index in [1.165, 1.54) is 0 Å². The van der Waals surface area contributed by atoms with Gasteiger partial charge in [0.1, 0.15) is 12.4 Å². The number of aromatic nitrogens is 4. The topological polar surface area (TPSA) is 64.3 Å². The Bertz CT molecular complexity index is 1090. The van der Waals surface area contributed by atoms with E-state index in [4.69, 9.17) is 16.3 Å².